The highest BCUT2D eigenvalue weighted by atomic mass is 16.2. The summed E-state index contributed by atoms with van der Waals surface area (Å²) in [6, 6.07) is 4.38. The Morgan fingerprint density at radius 2 is 1.92 bits per heavy atom. The van der Waals surface area contributed by atoms with Crippen LogP contribution >= 0.6 is 0 Å². The molecule has 2 bridgehead atoms. The van der Waals surface area contributed by atoms with Gasteiger partial charge in [0.15, 0.2) is 0 Å². The van der Waals surface area contributed by atoms with Gasteiger partial charge in [-0.1, -0.05) is 0 Å². The van der Waals surface area contributed by atoms with Gasteiger partial charge in [0.1, 0.15) is 6.04 Å². The molecule has 4 fully saturated rings. The van der Waals surface area contributed by atoms with E-state index < -0.39 is 0 Å². The van der Waals surface area contributed by atoms with Crippen molar-refractivity contribution < 1.29 is 4.79 Å². The first-order valence-electron chi connectivity index (χ1n) is 10.0. The topological polar surface area (TPSA) is 52.0 Å². The summed E-state index contributed by atoms with van der Waals surface area (Å²) >= 11 is 0. The molecule has 26 heavy (non-hydrogen) atoms. The number of aliphatic imine (C=N–C) groups is 1. The van der Waals surface area contributed by atoms with Crippen molar-refractivity contribution in [2.24, 2.45) is 10.9 Å². The lowest BCUT2D eigenvalue weighted by Crippen LogP contribution is -2.61. The molecular formula is C20H27N5O. The first-order chi connectivity index (χ1) is 12.8. The highest BCUT2D eigenvalue weighted by molar-refractivity contribution is 6.01. The van der Waals surface area contributed by atoms with Crippen LogP contribution in [0.5, 0.6) is 0 Å². The summed E-state index contributed by atoms with van der Waals surface area (Å²) in [6.07, 6.45) is 8.14. The Labute approximate surface area is 154 Å². The number of fused-ring (bicyclic) bond motifs is 3. The van der Waals surface area contributed by atoms with E-state index in [2.05, 4.69) is 24.7 Å². The molecule has 0 aliphatic carbocycles. The van der Waals surface area contributed by atoms with Crippen LogP contribution in [0.2, 0.25) is 0 Å². The van der Waals surface area contributed by atoms with Crippen LogP contribution in [0.25, 0.3) is 0 Å². The van der Waals surface area contributed by atoms with Gasteiger partial charge in [-0.3, -0.25) is 14.8 Å². The van der Waals surface area contributed by atoms with E-state index in [9.17, 15) is 4.79 Å². The zero-order valence-corrected chi connectivity index (χ0v) is 15.3. The van der Waals surface area contributed by atoms with Crippen LogP contribution in [0.1, 0.15) is 25.7 Å². The largest absolute Gasteiger partial charge is 0.359 e. The van der Waals surface area contributed by atoms with E-state index in [1.807, 2.05) is 24.5 Å². The predicted octanol–water partition coefficient (Wildman–Crippen LogP) is 1.43. The fourth-order valence-corrected chi connectivity index (χ4v) is 5.06. The first-order valence-corrected chi connectivity index (χ1v) is 10.0. The molecule has 1 aromatic heterocycles. The molecule has 0 aromatic carbocycles. The standard InChI is InChI=1S/C20H27N5O/c26-20(18-2-1-9-24(18)17-3-7-21-8-4-17)25(13-16-12-22-16)19-14-23-10-5-15(19)6-11-23/h3-4,7-8,15,18-19H,1-2,5-6,9-14H2. The number of anilines is 1. The molecule has 5 aliphatic heterocycles. The van der Waals surface area contributed by atoms with Crippen LogP contribution < -0.4 is 4.90 Å². The van der Waals surface area contributed by atoms with E-state index in [0.717, 1.165) is 44.7 Å². The molecule has 4 saturated heterocycles. The van der Waals surface area contributed by atoms with Crippen LogP contribution in [-0.4, -0.2) is 77.8 Å². The van der Waals surface area contributed by atoms with Gasteiger partial charge in [0, 0.05) is 37.2 Å². The van der Waals surface area contributed by atoms with E-state index in [1.165, 1.54) is 31.6 Å². The van der Waals surface area contributed by atoms with E-state index in [-0.39, 0.29) is 6.04 Å². The van der Waals surface area contributed by atoms with Crippen LogP contribution in [0.3, 0.4) is 0 Å². The minimum Gasteiger partial charge on any atom is -0.359 e. The third-order valence-corrected chi connectivity index (χ3v) is 6.57. The zero-order chi connectivity index (χ0) is 17.5. The summed E-state index contributed by atoms with van der Waals surface area (Å²) in [5.74, 6) is 0.978. The number of rotatable bonds is 5. The van der Waals surface area contributed by atoms with E-state index in [0.29, 0.717) is 17.9 Å². The van der Waals surface area contributed by atoms with E-state index in [1.54, 1.807) is 0 Å². The molecule has 5 aliphatic rings. The number of amides is 1. The van der Waals surface area contributed by atoms with Gasteiger partial charge in [-0.2, -0.15) is 0 Å². The van der Waals surface area contributed by atoms with Crippen molar-refractivity contribution in [1.82, 2.24) is 14.8 Å². The number of carbonyl (C=O) groups is 1. The van der Waals surface area contributed by atoms with Crippen molar-refractivity contribution in [2.75, 3.05) is 44.2 Å². The van der Waals surface area contributed by atoms with E-state index in [4.69, 9.17) is 0 Å². The highest BCUT2D eigenvalue weighted by Crippen LogP contribution is 2.33. The van der Waals surface area contributed by atoms with E-state index >= 15 is 0 Å². The van der Waals surface area contributed by atoms with Gasteiger partial charge in [0.05, 0.1) is 18.8 Å². The van der Waals surface area contributed by atoms with Crippen LogP contribution in [0, 0.1) is 5.92 Å². The lowest BCUT2D eigenvalue weighted by Gasteiger charge is -2.49. The van der Waals surface area contributed by atoms with Gasteiger partial charge >= 0.3 is 0 Å². The van der Waals surface area contributed by atoms with Crippen LogP contribution in [0.4, 0.5) is 5.69 Å². The average molecular weight is 353 g/mol. The molecule has 138 valence electrons. The molecule has 1 amide bonds. The lowest BCUT2D eigenvalue weighted by molar-refractivity contribution is -0.138. The van der Waals surface area contributed by atoms with Crippen LogP contribution in [-0.2, 0) is 4.79 Å². The van der Waals surface area contributed by atoms with Crippen molar-refractivity contribution in [1.29, 1.82) is 0 Å². The molecule has 6 heterocycles. The highest BCUT2D eigenvalue weighted by Gasteiger charge is 2.43. The normalized spacial score (nSPS) is 32.5. The lowest BCUT2D eigenvalue weighted by atomic mass is 9.82. The molecule has 6 heteroatoms. The number of piperidine rings is 3. The summed E-state index contributed by atoms with van der Waals surface area (Å²) in [5.41, 5.74) is 2.32. The second-order valence-corrected chi connectivity index (χ2v) is 8.11. The third kappa shape index (κ3) is 3.00. The SMILES string of the molecule is O=C(C1CCCN1c1ccncc1)N(CC1=NC1)C1CN2CCC1CC2. The maximum atomic E-state index is 13.7. The molecule has 0 spiro atoms. The molecule has 0 saturated carbocycles. The van der Waals surface area contributed by atoms with Crippen molar-refractivity contribution >= 4 is 17.3 Å². The smallest absolute Gasteiger partial charge is 0.245 e. The number of aromatic nitrogens is 1. The Balaban J connectivity index is 1.39. The van der Waals surface area contributed by atoms with Gasteiger partial charge in [-0.15, -0.1) is 0 Å². The quantitative estimate of drug-likeness (QED) is 0.804. The average Bonchev–Trinajstić information content (AvgIpc) is 3.39. The zero-order valence-electron chi connectivity index (χ0n) is 15.3. The summed E-state index contributed by atoms with van der Waals surface area (Å²) < 4.78 is 0. The summed E-state index contributed by atoms with van der Waals surface area (Å²) in [4.78, 5) is 29.2. The molecule has 2 unspecified atom stereocenters. The summed E-state index contributed by atoms with van der Waals surface area (Å²) in [6.45, 7) is 6.01. The van der Waals surface area contributed by atoms with Crippen molar-refractivity contribution in [2.45, 2.75) is 37.8 Å². The van der Waals surface area contributed by atoms with Gasteiger partial charge in [-0.05, 0) is 56.8 Å². The fourth-order valence-electron chi connectivity index (χ4n) is 5.06. The van der Waals surface area contributed by atoms with Gasteiger partial charge < -0.3 is 14.7 Å². The third-order valence-electron chi connectivity index (χ3n) is 6.57. The molecule has 0 radical (unpaired) electrons. The molecule has 1 aromatic rings. The second-order valence-electron chi connectivity index (χ2n) is 8.11. The Morgan fingerprint density at radius 1 is 1.15 bits per heavy atom. The van der Waals surface area contributed by atoms with Gasteiger partial charge in [0.25, 0.3) is 0 Å². The fraction of sp³-hybridized carbons (Fsp3) is 0.650. The van der Waals surface area contributed by atoms with Gasteiger partial charge in [-0.25, -0.2) is 0 Å². The maximum Gasteiger partial charge on any atom is 0.245 e. The number of carbonyl (C=O) groups excluding carboxylic acids is 1. The maximum absolute atomic E-state index is 13.7. The van der Waals surface area contributed by atoms with Crippen molar-refractivity contribution in [3.05, 3.63) is 24.5 Å². The Bertz CT molecular complexity index is 697. The predicted molar refractivity (Wildman–Crippen MR) is 102 cm³/mol. The molecule has 6 nitrogen and oxygen atoms in total. The second kappa shape index (κ2) is 6.65. The summed E-state index contributed by atoms with van der Waals surface area (Å²) in [7, 11) is 0. The van der Waals surface area contributed by atoms with Crippen molar-refractivity contribution in [3.63, 3.8) is 0 Å². The molecule has 6 rings (SSSR count). The number of pyridine rings is 1. The molecule has 0 N–H and O–H groups in total. The van der Waals surface area contributed by atoms with Crippen LogP contribution in [0.15, 0.2) is 29.5 Å². The number of hydrogen-bond acceptors (Lipinski definition) is 5. The minimum absolute atomic E-state index is 0.0350. The molecule has 2 atom stereocenters. The van der Waals surface area contributed by atoms with Crippen molar-refractivity contribution in [3.8, 4) is 0 Å². The summed E-state index contributed by atoms with van der Waals surface area (Å²) in [5, 5.41) is 0. The number of hydrogen-bond donors (Lipinski definition) is 0. The monoisotopic (exact) mass is 353 g/mol. The number of nitrogens with zero attached hydrogens (tertiary/aromatic N) is 5. The first kappa shape index (κ1) is 16.2. The Kier molecular flexibility index (Phi) is 4.15. The minimum atomic E-state index is -0.0350. The van der Waals surface area contributed by atoms with Gasteiger partial charge in [0.2, 0.25) is 5.91 Å². The molecular weight excluding hydrogens is 326 g/mol. The Hall–Kier alpha value is -1.95. The Morgan fingerprint density at radius 3 is 2.58 bits per heavy atom.